The van der Waals surface area contributed by atoms with E-state index >= 15 is 0 Å². The van der Waals surface area contributed by atoms with Gasteiger partial charge >= 0.3 is 0 Å². The van der Waals surface area contributed by atoms with Crippen LogP contribution in [0.2, 0.25) is 5.02 Å². The Morgan fingerprint density at radius 3 is 2.62 bits per heavy atom. The summed E-state index contributed by atoms with van der Waals surface area (Å²) in [4.78, 5) is 0.548. The molecule has 13 heavy (non-hydrogen) atoms. The summed E-state index contributed by atoms with van der Waals surface area (Å²) >= 11 is 4.62. The molecule has 1 rings (SSSR count). The number of nitrogens with zero attached hydrogens (tertiary/aromatic N) is 1. The molecule has 1 aromatic carbocycles. The van der Waals surface area contributed by atoms with Crippen LogP contribution in [-0.4, -0.2) is 23.0 Å². The molecule has 0 radical (unpaired) electrons. The van der Waals surface area contributed by atoms with E-state index in [4.69, 9.17) is 17.3 Å². The van der Waals surface area contributed by atoms with Crippen LogP contribution in [0.1, 0.15) is 0 Å². The highest BCUT2D eigenvalue weighted by atomic mass is 35.5. The molecule has 0 bridgehead atoms. The van der Waals surface area contributed by atoms with Crippen LogP contribution in [0.3, 0.4) is 0 Å². The summed E-state index contributed by atoms with van der Waals surface area (Å²) in [6.45, 7) is 0. The van der Waals surface area contributed by atoms with Gasteiger partial charge in [-0.3, -0.25) is 0 Å². The smallest absolute Gasteiger partial charge is 0.194 e. The van der Waals surface area contributed by atoms with E-state index in [1.54, 1.807) is 36.6 Å². The van der Waals surface area contributed by atoms with Gasteiger partial charge in [0.1, 0.15) is 0 Å². The Bertz CT molecular complexity index is 306. The lowest BCUT2D eigenvalue weighted by molar-refractivity contribution is 0.520. The number of nitrogens with two attached hydrogens (primary N) is 1. The summed E-state index contributed by atoms with van der Waals surface area (Å²) in [5, 5.41) is 0.473. The first-order valence-corrected chi connectivity index (χ1v) is 5.15. The molecule has 0 aliphatic heterocycles. The van der Waals surface area contributed by atoms with E-state index in [-0.39, 0.29) is 0 Å². The highest BCUT2D eigenvalue weighted by Gasteiger charge is 2.18. The molecular weight excluding hydrogens is 208 g/mol. The molecule has 3 nitrogen and oxygen atoms in total. The lowest BCUT2D eigenvalue weighted by Gasteiger charge is -2.16. The Kier molecular flexibility index (Phi) is 3.44. The minimum atomic E-state index is -1.24. The zero-order valence-corrected chi connectivity index (χ0v) is 9.02. The fraction of sp³-hybridized carbons (Fsp3) is 0.250. The zero-order chi connectivity index (χ0) is 10.0. The van der Waals surface area contributed by atoms with Gasteiger partial charge in [0.05, 0.1) is 16.4 Å². The Hall–Kier alpha value is -0.420. The van der Waals surface area contributed by atoms with E-state index in [0.29, 0.717) is 15.6 Å². The average Bonchev–Trinajstić information content (AvgIpc) is 2.08. The molecule has 0 heterocycles. The van der Waals surface area contributed by atoms with Gasteiger partial charge in [0.15, 0.2) is 4.90 Å². The lowest BCUT2D eigenvalue weighted by Crippen LogP contribution is -2.22. The standard InChI is InChI=1S/C8H11ClN2OS/c1-11(2)13(12)8-5-6(10)3-4-7(8)9/h3-5H,10H2,1-2H3. The van der Waals surface area contributed by atoms with Crippen LogP contribution in [0.25, 0.3) is 0 Å². The van der Waals surface area contributed by atoms with Gasteiger partial charge in [-0.2, -0.15) is 0 Å². The average molecular weight is 219 g/mol. The van der Waals surface area contributed by atoms with Gasteiger partial charge in [0.25, 0.3) is 0 Å². The van der Waals surface area contributed by atoms with E-state index in [9.17, 15) is 4.55 Å². The van der Waals surface area contributed by atoms with Crippen molar-refractivity contribution in [1.29, 1.82) is 0 Å². The quantitative estimate of drug-likeness (QED) is 0.605. The minimum Gasteiger partial charge on any atom is -0.593 e. The molecule has 2 N–H and O–H groups in total. The topological polar surface area (TPSA) is 52.3 Å². The summed E-state index contributed by atoms with van der Waals surface area (Å²) in [6.07, 6.45) is 0. The van der Waals surface area contributed by atoms with Crippen LogP contribution in [0.15, 0.2) is 23.1 Å². The molecule has 0 aliphatic rings. The van der Waals surface area contributed by atoms with E-state index in [2.05, 4.69) is 0 Å². The summed E-state index contributed by atoms with van der Waals surface area (Å²) < 4.78 is 13.2. The maximum atomic E-state index is 11.6. The monoisotopic (exact) mass is 218 g/mol. The molecule has 72 valence electrons. The van der Waals surface area contributed by atoms with Crippen LogP contribution in [0.5, 0.6) is 0 Å². The highest BCUT2D eigenvalue weighted by molar-refractivity contribution is 7.89. The van der Waals surface area contributed by atoms with Crippen molar-refractivity contribution in [1.82, 2.24) is 4.31 Å². The maximum absolute atomic E-state index is 11.6. The number of benzene rings is 1. The minimum absolute atomic E-state index is 0.473. The van der Waals surface area contributed by atoms with Gasteiger partial charge < -0.3 is 10.3 Å². The first-order chi connectivity index (χ1) is 6.02. The molecule has 0 spiro atoms. The van der Waals surface area contributed by atoms with Crippen molar-refractivity contribution >= 4 is 28.7 Å². The number of nitrogen functional groups attached to an aromatic ring is 1. The largest absolute Gasteiger partial charge is 0.593 e. The SMILES string of the molecule is CN(C)[S+]([O-])c1cc(N)ccc1Cl. The van der Waals surface area contributed by atoms with Crippen LogP contribution >= 0.6 is 11.6 Å². The maximum Gasteiger partial charge on any atom is 0.194 e. The fourth-order valence-electron chi connectivity index (χ4n) is 0.850. The molecular formula is C8H11ClN2OS. The first-order valence-electron chi connectivity index (χ1n) is 3.66. The predicted octanol–water partition coefficient (Wildman–Crippen LogP) is 1.51. The molecule has 0 aliphatic carbocycles. The Morgan fingerprint density at radius 2 is 2.08 bits per heavy atom. The van der Waals surface area contributed by atoms with Gasteiger partial charge in [-0.1, -0.05) is 11.6 Å². The molecule has 0 amide bonds. The number of anilines is 1. The van der Waals surface area contributed by atoms with Gasteiger partial charge in [0.2, 0.25) is 0 Å². The molecule has 0 saturated heterocycles. The molecule has 1 atom stereocenters. The van der Waals surface area contributed by atoms with Crippen LogP contribution in [0.4, 0.5) is 5.69 Å². The number of hydrogen-bond acceptors (Lipinski definition) is 3. The van der Waals surface area contributed by atoms with Crippen LogP contribution in [0, 0.1) is 0 Å². The molecule has 0 aromatic heterocycles. The summed E-state index contributed by atoms with van der Waals surface area (Å²) in [5.41, 5.74) is 6.12. The second-order valence-corrected chi connectivity index (χ2v) is 4.83. The van der Waals surface area contributed by atoms with Crippen molar-refractivity contribution in [3.8, 4) is 0 Å². The third-order valence-electron chi connectivity index (χ3n) is 1.48. The van der Waals surface area contributed by atoms with E-state index < -0.39 is 11.4 Å². The van der Waals surface area contributed by atoms with E-state index in [1.807, 2.05) is 0 Å². The second kappa shape index (κ2) is 4.19. The lowest BCUT2D eigenvalue weighted by atomic mass is 10.3. The molecule has 1 aromatic rings. The number of rotatable bonds is 2. The zero-order valence-electron chi connectivity index (χ0n) is 7.45. The summed E-state index contributed by atoms with van der Waals surface area (Å²) in [5.74, 6) is 0. The van der Waals surface area contributed by atoms with E-state index in [1.165, 1.54) is 0 Å². The normalized spacial score (nSPS) is 13.3. The summed E-state index contributed by atoms with van der Waals surface area (Å²) in [7, 11) is 3.44. The third-order valence-corrected chi connectivity index (χ3v) is 3.29. The van der Waals surface area contributed by atoms with Crippen LogP contribution < -0.4 is 5.73 Å². The first kappa shape index (κ1) is 10.7. The second-order valence-electron chi connectivity index (χ2n) is 2.75. The van der Waals surface area contributed by atoms with Gasteiger partial charge in [0, 0.05) is 25.8 Å². The Labute approximate surface area is 85.8 Å². The molecule has 5 heteroatoms. The van der Waals surface area contributed by atoms with Gasteiger partial charge in [-0.25, -0.2) is 0 Å². The third kappa shape index (κ3) is 2.51. The molecule has 0 saturated carbocycles. The van der Waals surface area contributed by atoms with Crippen molar-refractivity contribution in [2.45, 2.75) is 4.90 Å². The number of halogens is 1. The van der Waals surface area contributed by atoms with Crippen LogP contribution in [-0.2, 0) is 11.4 Å². The van der Waals surface area contributed by atoms with Crippen molar-refractivity contribution < 1.29 is 4.55 Å². The fourth-order valence-corrected chi connectivity index (χ4v) is 2.03. The number of hydrogen-bond donors (Lipinski definition) is 1. The van der Waals surface area contributed by atoms with Gasteiger partial charge in [-0.05, 0) is 12.1 Å². The predicted molar refractivity (Wildman–Crippen MR) is 56.0 cm³/mol. The highest BCUT2D eigenvalue weighted by Crippen LogP contribution is 2.25. The van der Waals surface area contributed by atoms with Crippen molar-refractivity contribution in [2.24, 2.45) is 0 Å². The van der Waals surface area contributed by atoms with Crippen molar-refractivity contribution in [3.05, 3.63) is 23.2 Å². The Morgan fingerprint density at radius 1 is 1.46 bits per heavy atom. The van der Waals surface area contributed by atoms with Crippen molar-refractivity contribution in [2.75, 3.05) is 19.8 Å². The summed E-state index contributed by atoms with van der Waals surface area (Å²) in [6, 6.07) is 4.95. The Balaban J connectivity index is 3.05. The van der Waals surface area contributed by atoms with E-state index in [0.717, 1.165) is 0 Å². The molecule has 0 fully saturated rings. The van der Waals surface area contributed by atoms with Crippen molar-refractivity contribution in [3.63, 3.8) is 0 Å². The molecule has 1 unspecified atom stereocenters. The van der Waals surface area contributed by atoms with Gasteiger partial charge in [-0.15, -0.1) is 4.31 Å².